The first-order valence-corrected chi connectivity index (χ1v) is 9.71. The zero-order valence-electron chi connectivity index (χ0n) is 16.0. The molecule has 3 aromatic rings. The molecule has 0 spiro atoms. The molecule has 1 aromatic carbocycles. The van der Waals surface area contributed by atoms with Crippen molar-refractivity contribution in [3.63, 3.8) is 0 Å². The summed E-state index contributed by atoms with van der Waals surface area (Å²) in [7, 11) is 0. The van der Waals surface area contributed by atoms with Crippen molar-refractivity contribution in [3.05, 3.63) is 69.9 Å². The number of halogens is 2. The van der Waals surface area contributed by atoms with Crippen LogP contribution in [-0.4, -0.2) is 51.3 Å². The second-order valence-electron chi connectivity index (χ2n) is 7.27. The SMILES string of the molecule is Cc1ccn2c(CN3CCN(C(=O)c4ccc(Cl)cc4F)CC3)c(C)nc2c1. The summed E-state index contributed by atoms with van der Waals surface area (Å²) in [4.78, 5) is 21.3. The van der Waals surface area contributed by atoms with Crippen molar-refractivity contribution in [2.24, 2.45) is 0 Å². The first-order valence-electron chi connectivity index (χ1n) is 9.33. The Labute approximate surface area is 168 Å². The maximum Gasteiger partial charge on any atom is 0.256 e. The van der Waals surface area contributed by atoms with Crippen molar-refractivity contribution in [1.29, 1.82) is 0 Å². The number of benzene rings is 1. The number of hydrogen-bond donors (Lipinski definition) is 0. The molecule has 3 heterocycles. The topological polar surface area (TPSA) is 40.9 Å². The summed E-state index contributed by atoms with van der Waals surface area (Å²) in [5.41, 5.74) is 4.40. The summed E-state index contributed by atoms with van der Waals surface area (Å²) >= 11 is 5.78. The van der Waals surface area contributed by atoms with Crippen LogP contribution in [-0.2, 0) is 6.54 Å². The molecule has 1 aliphatic heterocycles. The van der Waals surface area contributed by atoms with Gasteiger partial charge < -0.3 is 9.30 Å². The fraction of sp³-hybridized carbons (Fsp3) is 0.333. The second-order valence-corrected chi connectivity index (χ2v) is 7.71. The molecule has 0 aliphatic carbocycles. The Morgan fingerprint density at radius 2 is 1.89 bits per heavy atom. The van der Waals surface area contributed by atoms with E-state index in [0.29, 0.717) is 13.1 Å². The second kappa shape index (κ2) is 7.53. The van der Waals surface area contributed by atoms with E-state index in [0.717, 1.165) is 31.0 Å². The molecule has 0 radical (unpaired) electrons. The number of fused-ring (bicyclic) bond motifs is 1. The Bertz CT molecular complexity index is 1040. The molecular formula is C21H22ClFN4O. The van der Waals surface area contributed by atoms with Crippen LogP contribution in [0.4, 0.5) is 4.39 Å². The van der Waals surface area contributed by atoms with Gasteiger partial charge in [0.2, 0.25) is 0 Å². The number of piperazine rings is 1. The fourth-order valence-electron chi connectivity index (χ4n) is 3.66. The number of hydrogen-bond acceptors (Lipinski definition) is 3. The van der Waals surface area contributed by atoms with Crippen molar-refractivity contribution in [3.8, 4) is 0 Å². The highest BCUT2D eigenvalue weighted by Crippen LogP contribution is 2.19. The van der Waals surface area contributed by atoms with Gasteiger partial charge in [0.05, 0.1) is 17.0 Å². The van der Waals surface area contributed by atoms with Crippen LogP contribution in [0.15, 0.2) is 36.5 Å². The molecule has 1 saturated heterocycles. The Balaban J connectivity index is 1.43. The lowest BCUT2D eigenvalue weighted by Crippen LogP contribution is -2.48. The molecular weight excluding hydrogens is 379 g/mol. The predicted octanol–water partition coefficient (Wildman–Crippen LogP) is 3.70. The van der Waals surface area contributed by atoms with E-state index in [1.54, 1.807) is 11.0 Å². The summed E-state index contributed by atoms with van der Waals surface area (Å²) in [5.74, 6) is -0.855. The van der Waals surface area contributed by atoms with Gasteiger partial charge in [0.1, 0.15) is 11.5 Å². The van der Waals surface area contributed by atoms with Gasteiger partial charge in [-0.2, -0.15) is 0 Å². The van der Waals surface area contributed by atoms with Crippen LogP contribution in [0, 0.1) is 19.7 Å². The van der Waals surface area contributed by atoms with E-state index in [4.69, 9.17) is 11.6 Å². The van der Waals surface area contributed by atoms with Crippen LogP contribution in [0.1, 0.15) is 27.3 Å². The lowest BCUT2D eigenvalue weighted by Gasteiger charge is -2.34. The molecule has 2 aromatic heterocycles. The first-order chi connectivity index (χ1) is 13.4. The number of rotatable bonds is 3. The van der Waals surface area contributed by atoms with Crippen molar-refractivity contribution >= 4 is 23.2 Å². The molecule has 146 valence electrons. The fourth-order valence-corrected chi connectivity index (χ4v) is 3.82. The van der Waals surface area contributed by atoms with Crippen LogP contribution in [0.5, 0.6) is 0 Å². The van der Waals surface area contributed by atoms with Crippen molar-refractivity contribution in [1.82, 2.24) is 19.2 Å². The van der Waals surface area contributed by atoms with E-state index in [9.17, 15) is 9.18 Å². The Morgan fingerprint density at radius 1 is 1.14 bits per heavy atom. The largest absolute Gasteiger partial charge is 0.336 e. The maximum atomic E-state index is 14.1. The predicted molar refractivity (Wildman–Crippen MR) is 107 cm³/mol. The van der Waals surface area contributed by atoms with Crippen LogP contribution >= 0.6 is 11.6 Å². The molecule has 1 fully saturated rings. The van der Waals surface area contributed by atoms with Gasteiger partial charge in [-0.3, -0.25) is 9.69 Å². The van der Waals surface area contributed by atoms with Crippen LogP contribution < -0.4 is 0 Å². The summed E-state index contributed by atoms with van der Waals surface area (Å²) in [6.07, 6.45) is 2.06. The van der Waals surface area contributed by atoms with Crippen molar-refractivity contribution in [2.75, 3.05) is 26.2 Å². The third kappa shape index (κ3) is 3.62. The van der Waals surface area contributed by atoms with E-state index in [1.165, 1.54) is 23.4 Å². The highest BCUT2D eigenvalue weighted by atomic mass is 35.5. The number of amides is 1. The molecule has 4 rings (SSSR count). The summed E-state index contributed by atoms with van der Waals surface area (Å²) in [5, 5.41) is 0.289. The lowest BCUT2D eigenvalue weighted by atomic mass is 10.1. The van der Waals surface area contributed by atoms with Crippen LogP contribution in [0.3, 0.4) is 0 Å². The average Bonchev–Trinajstić information content (AvgIpc) is 2.96. The normalized spacial score (nSPS) is 15.4. The monoisotopic (exact) mass is 400 g/mol. The van der Waals surface area contributed by atoms with Crippen molar-refractivity contribution in [2.45, 2.75) is 20.4 Å². The van der Waals surface area contributed by atoms with Crippen LogP contribution in [0.2, 0.25) is 5.02 Å². The highest BCUT2D eigenvalue weighted by molar-refractivity contribution is 6.30. The van der Waals surface area contributed by atoms with E-state index in [1.807, 2.05) is 6.92 Å². The molecule has 5 nitrogen and oxygen atoms in total. The number of aryl methyl sites for hydroxylation is 2. The number of carbonyl (C=O) groups excluding carboxylic acids is 1. The smallest absolute Gasteiger partial charge is 0.256 e. The number of carbonyl (C=O) groups is 1. The maximum absolute atomic E-state index is 14.1. The third-order valence-corrected chi connectivity index (χ3v) is 5.51. The van der Waals surface area contributed by atoms with Gasteiger partial charge in [-0.25, -0.2) is 9.37 Å². The molecule has 0 saturated carbocycles. The molecule has 0 N–H and O–H groups in total. The van der Waals surface area contributed by atoms with E-state index in [-0.39, 0.29) is 16.5 Å². The summed E-state index contributed by atoms with van der Waals surface area (Å²) in [6, 6.07) is 8.34. The Hall–Kier alpha value is -2.44. The number of imidazole rings is 1. The minimum atomic E-state index is -0.573. The third-order valence-electron chi connectivity index (χ3n) is 5.28. The van der Waals surface area contributed by atoms with Crippen LogP contribution in [0.25, 0.3) is 5.65 Å². The Morgan fingerprint density at radius 3 is 2.61 bits per heavy atom. The van der Waals surface area contributed by atoms with Gasteiger partial charge in [-0.15, -0.1) is 0 Å². The van der Waals surface area contributed by atoms with Gasteiger partial charge >= 0.3 is 0 Å². The standard InChI is InChI=1S/C21H22ClFN4O/c1-14-5-6-27-19(15(2)24-20(27)11-14)13-25-7-9-26(10-8-25)21(28)17-4-3-16(22)12-18(17)23/h3-6,11-12H,7-10,13H2,1-2H3. The zero-order valence-corrected chi connectivity index (χ0v) is 16.7. The number of pyridine rings is 1. The van der Waals surface area contributed by atoms with E-state index < -0.39 is 5.82 Å². The minimum absolute atomic E-state index is 0.0749. The van der Waals surface area contributed by atoms with Gasteiger partial charge in [-0.1, -0.05) is 11.6 Å². The van der Waals surface area contributed by atoms with E-state index in [2.05, 4.69) is 39.5 Å². The van der Waals surface area contributed by atoms with E-state index >= 15 is 0 Å². The molecule has 0 unspecified atom stereocenters. The number of aromatic nitrogens is 2. The lowest BCUT2D eigenvalue weighted by molar-refractivity contribution is 0.0622. The zero-order chi connectivity index (χ0) is 19.8. The number of nitrogens with zero attached hydrogens (tertiary/aromatic N) is 4. The van der Waals surface area contributed by atoms with Gasteiger partial charge in [0.25, 0.3) is 5.91 Å². The quantitative estimate of drug-likeness (QED) is 0.673. The summed E-state index contributed by atoms with van der Waals surface area (Å²) < 4.78 is 16.2. The van der Waals surface area contributed by atoms with Crippen molar-refractivity contribution < 1.29 is 9.18 Å². The molecule has 1 aliphatic rings. The first kappa shape index (κ1) is 18.9. The van der Waals surface area contributed by atoms with Gasteiger partial charge in [0.15, 0.2) is 0 Å². The highest BCUT2D eigenvalue weighted by Gasteiger charge is 2.25. The molecule has 0 atom stereocenters. The minimum Gasteiger partial charge on any atom is -0.336 e. The van der Waals surface area contributed by atoms with Gasteiger partial charge in [0, 0.05) is 43.9 Å². The molecule has 7 heteroatoms. The molecule has 0 bridgehead atoms. The summed E-state index contributed by atoms with van der Waals surface area (Å²) in [6.45, 7) is 7.46. The van der Waals surface area contributed by atoms with Gasteiger partial charge in [-0.05, 0) is 49.7 Å². The average molecular weight is 401 g/mol. The Kier molecular flexibility index (Phi) is 5.08. The molecule has 28 heavy (non-hydrogen) atoms. The molecule has 1 amide bonds.